The fraction of sp³-hybridized carbons (Fsp3) is 0.500. The highest BCUT2D eigenvalue weighted by molar-refractivity contribution is 5.93. The zero-order valence-corrected chi connectivity index (χ0v) is 13.2. The molecule has 5 nitrogen and oxygen atoms in total. The molecule has 1 aliphatic rings. The van der Waals surface area contributed by atoms with Gasteiger partial charge in [-0.25, -0.2) is 5.48 Å². The molecule has 0 aliphatic heterocycles. The van der Waals surface area contributed by atoms with E-state index in [9.17, 15) is 22.8 Å². The fourth-order valence-electron chi connectivity index (χ4n) is 3.02. The first-order valence-electron chi connectivity index (χ1n) is 7.58. The molecule has 2 amide bonds. The largest absolute Gasteiger partial charge is 0.406 e. The lowest BCUT2D eigenvalue weighted by molar-refractivity contribution is -0.161. The Balaban J connectivity index is 2.06. The van der Waals surface area contributed by atoms with E-state index in [0.717, 1.165) is 23.0 Å². The zero-order chi connectivity index (χ0) is 17.9. The van der Waals surface area contributed by atoms with Crippen molar-refractivity contribution in [3.8, 4) is 0 Å². The van der Waals surface area contributed by atoms with Crippen LogP contribution in [0.5, 0.6) is 0 Å². The maximum absolute atomic E-state index is 12.6. The number of hydrogen-bond acceptors (Lipinski definition) is 3. The van der Waals surface area contributed by atoms with Crippen molar-refractivity contribution in [2.75, 3.05) is 13.1 Å². The van der Waals surface area contributed by atoms with Crippen LogP contribution in [0.15, 0.2) is 18.2 Å². The second-order valence-corrected chi connectivity index (χ2v) is 6.05. The van der Waals surface area contributed by atoms with E-state index in [2.05, 4.69) is 0 Å². The third-order valence-electron chi connectivity index (χ3n) is 4.19. The molecule has 1 aromatic rings. The van der Waals surface area contributed by atoms with Crippen LogP contribution in [0.1, 0.15) is 34.8 Å². The van der Waals surface area contributed by atoms with Gasteiger partial charge < -0.3 is 4.90 Å². The quantitative estimate of drug-likeness (QED) is 0.651. The zero-order valence-electron chi connectivity index (χ0n) is 13.2. The topological polar surface area (TPSA) is 69.6 Å². The Morgan fingerprint density at radius 1 is 1.33 bits per heavy atom. The molecule has 2 N–H and O–H groups in total. The first-order chi connectivity index (χ1) is 11.2. The predicted octanol–water partition coefficient (Wildman–Crippen LogP) is 2.32. The summed E-state index contributed by atoms with van der Waals surface area (Å²) in [4.78, 5) is 23.7. The normalized spacial score (nSPS) is 17.1. The van der Waals surface area contributed by atoms with E-state index >= 15 is 0 Å². The maximum Gasteiger partial charge on any atom is 0.406 e. The highest BCUT2D eigenvalue weighted by Crippen LogP contribution is 2.28. The monoisotopic (exact) mass is 344 g/mol. The van der Waals surface area contributed by atoms with E-state index in [4.69, 9.17) is 5.21 Å². The summed E-state index contributed by atoms with van der Waals surface area (Å²) in [5.74, 6) is -1.25. The van der Waals surface area contributed by atoms with Gasteiger partial charge in [0.1, 0.15) is 6.54 Å². The van der Waals surface area contributed by atoms with Gasteiger partial charge >= 0.3 is 6.18 Å². The van der Waals surface area contributed by atoms with E-state index in [0.29, 0.717) is 24.8 Å². The van der Waals surface area contributed by atoms with Crippen LogP contribution in [0.4, 0.5) is 13.2 Å². The van der Waals surface area contributed by atoms with Gasteiger partial charge in [0.2, 0.25) is 5.91 Å². The van der Waals surface area contributed by atoms with Gasteiger partial charge in [0.25, 0.3) is 5.91 Å². The maximum atomic E-state index is 12.6. The summed E-state index contributed by atoms with van der Waals surface area (Å²) in [5, 5.41) is 8.65. The summed E-state index contributed by atoms with van der Waals surface area (Å²) in [6.07, 6.45) is -2.61. The Hall–Kier alpha value is -2.09. The smallest absolute Gasteiger partial charge is 0.334 e. The molecule has 1 aliphatic carbocycles. The summed E-state index contributed by atoms with van der Waals surface area (Å²) in [6, 6.07) is 4.98. The lowest BCUT2D eigenvalue weighted by atomic mass is 9.83. The lowest BCUT2D eigenvalue weighted by Crippen LogP contribution is -2.41. The average Bonchev–Trinajstić information content (AvgIpc) is 2.51. The van der Waals surface area contributed by atoms with E-state index in [1.165, 1.54) is 0 Å². The van der Waals surface area contributed by atoms with Crippen LogP contribution in [0.3, 0.4) is 0 Å². The molecule has 8 heteroatoms. The molecule has 1 atom stereocenters. The number of alkyl halides is 3. The van der Waals surface area contributed by atoms with Crippen molar-refractivity contribution in [1.82, 2.24) is 10.4 Å². The third kappa shape index (κ3) is 4.70. The van der Waals surface area contributed by atoms with Crippen molar-refractivity contribution in [1.29, 1.82) is 0 Å². The molecule has 0 fully saturated rings. The molecule has 0 saturated carbocycles. The predicted molar refractivity (Wildman–Crippen MR) is 79.5 cm³/mol. The van der Waals surface area contributed by atoms with Crippen molar-refractivity contribution in [3.05, 3.63) is 34.9 Å². The summed E-state index contributed by atoms with van der Waals surface area (Å²) in [7, 11) is 0. The number of aryl methyl sites for hydroxylation is 1. The molecule has 0 heterocycles. The second kappa shape index (κ2) is 7.21. The van der Waals surface area contributed by atoms with Crippen molar-refractivity contribution >= 4 is 11.8 Å². The number of rotatable bonds is 4. The van der Waals surface area contributed by atoms with Gasteiger partial charge in [-0.1, -0.05) is 6.07 Å². The van der Waals surface area contributed by atoms with Crippen LogP contribution < -0.4 is 5.48 Å². The summed E-state index contributed by atoms with van der Waals surface area (Å²) >= 11 is 0. The van der Waals surface area contributed by atoms with Gasteiger partial charge in [-0.15, -0.1) is 0 Å². The Morgan fingerprint density at radius 2 is 2.04 bits per heavy atom. The molecule has 1 unspecified atom stereocenters. The highest BCUT2D eigenvalue weighted by atomic mass is 19.4. The van der Waals surface area contributed by atoms with Gasteiger partial charge in [-0.2, -0.15) is 13.2 Å². The molecule has 1 aromatic carbocycles. The minimum atomic E-state index is -4.41. The minimum Gasteiger partial charge on any atom is -0.334 e. The molecule has 132 valence electrons. The molecule has 0 bridgehead atoms. The van der Waals surface area contributed by atoms with E-state index in [1.54, 1.807) is 23.7 Å². The van der Waals surface area contributed by atoms with Gasteiger partial charge in [-0.05, 0) is 48.4 Å². The first kappa shape index (κ1) is 18.3. The Kier molecular flexibility index (Phi) is 5.48. The van der Waals surface area contributed by atoms with Crippen LogP contribution >= 0.6 is 0 Å². The number of benzene rings is 1. The standard InChI is InChI=1S/C16H19F3N2O3/c1-10(22)21(9-16(17,18)19)8-11-2-3-13-7-14(15(23)20-24)5-4-12(13)6-11/h4-5,7,11,24H,2-3,6,8-9H2,1H3,(H,20,23). The number of carbonyl (C=O) groups excluding carboxylic acids is 2. The van der Waals surface area contributed by atoms with Crippen LogP contribution in [-0.2, 0) is 17.6 Å². The number of fused-ring (bicyclic) bond motifs is 1. The number of hydrogen-bond donors (Lipinski definition) is 2. The number of amides is 2. The molecule has 0 aromatic heterocycles. The minimum absolute atomic E-state index is 0.0544. The third-order valence-corrected chi connectivity index (χ3v) is 4.19. The van der Waals surface area contributed by atoms with E-state index < -0.39 is 24.5 Å². The summed E-state index contributed by atoms with van der Waals surface area (Å²) < 4.78 is 37.7. The van der Waals surface area contributed by atoms with Crippen molar-refractivity contribution < 1.29 is 28.0 Å². The average molecular weight is 344 g/mol. The summed E-state index contributed by atoms with van der Waals surface area (Å²) in [5.41, 5.74) is 3.80. The SMILES string of the molecule is CC(=O)N(CC1CCc2cc(C(=O)NO)ccc2C1)CC(F)(F)F. The summed E-state index contributed by atoms with van der Waals surface area (Å²) in [6.45, 7) is -0.0310. The van der Waals surface area contributed by atoms with Crippen molar-refractivity contribution in [2.24, 2.45) is 5.92 Å². The van der Waals surface area contributed by atoms with Gasteiger partial charge in [-0.3, -0.25) is 14.8 Å². The first-order valence-corrected chi connectivity index (χ1v) is 7.58. The van der Waals surface area contributed by atoms with Crippen molar-refractivity contribution in [3.63, 3.8) is 0 Å². The molecule has 0 saturated heterocycles. The van der Waals surface area contributed by atoms with Crippen LogP contribution in [0.2, 0.25) is 0 Å². The van der Waals surface area contributed by atoms with Gasteiger partial charge in [0.15, 0.2) is 0 Å². The fourth-order valence-corrected chi connectivity index (χ4v) is 3.02. The van der Waals surface area contributed by atoms with Crippen LogP contribution in [0, 0.1) is 5.92 Å². The van der Waals surface area contributed by atoms with Gasteiger partial charge in [0.05, 0.1) is 0 Å². The van der Waals surface area contributed by atoms with Crippen LogP contribution in [0.25, 0.3) is 0 Å². The number of nitrogens with one attached hydrogen (secondary N) is 1. The van der Waals surface area contributed by atoms with E-state index in [-0.39, 0.29) is 12.5 Å². The van der Waals surface area contributed by atoms with E-state index in [1.807, 2.05) is 0 Å². The Bertz CT molecular complexity index is 631. The molecular formula is C16H19F3N2O3. The highest BCUT2D eigenvalue weighted by Gasteiger charge is 2.33. The van der Waals surface area contributed by atoms with Crippen molar-refractivity contribution in [2.45, 2.75) is 32.4 Å². The molecule has 0 spiro atoms. The number of carbonyl (C=O) groups is 2. The molecule has 0 radical (unpaired) electrons. The van der Waals surface area contributed by atoms with Gasteiger partial charge in [0, 0.05) is 19.0 Å². The molecular weight excluding hydrogens is 325 g/mol. The molecule has 2 rings (SSSR count). The number of halogens is 3. The number of nitrogens with zero attached hydrogens (tertiary/aromatic N) is 1. The second-order valence-electron chi connectivity index (χ2n) is 6.05. The Labute approximate surface area is 137 Å². The molecule has 24 heavy (non-hydrogen) atoms. The van der Waals surface area contributed by atoms with Crippen LogP contribution in [-0.4, -0.2) is 41.2 Å². The number of hydroxylamine groups is 1. The Morgan fingerprint density at radius 3 is 2.62 bits per heavy atom. The lowest BCUT2D eigenvalue weighted by Gasteiger charge is -2.31.